The summed E-state index contributed by atoms with van der Waals surface area (Å²) in [4.78, 5) is 0. The van der Waals surface area contributed by atoms with Gasteiger partial charge in [0, 0.05) is 5.92 Å². The van der Waals surface area contributed by atoms with Crippen LogP contribution in [0.1, 0.15) is 52.4 Å². The van der Waals surface area contributed by atoms with Crippen LogP contribution in [0, 0.1) is 5.92 Å². The fourth-order valence-corrected chi connectivity index (χ4v) is 3.63. The molecule has 2 atom stereocenters. The van der Waals surface area contributed by atoms with E-state index in [0.717, 1.165) is 12.0 Å². The van der Waals surface area contributed by atoms with Gasteiger partial charge in [-0.15, -0.1) is 0 Å². The molecule has 0 radical (unpaired) electrons. The van der Waals surface area contributed by atoms with Crippen molar-refractivity contribution in [3.05, 3.63) is 0 Å². The van der Waals surface area contributed by atoms with Gasteiger partial charge in [-0.2, -0.15) is 0 Å². The van der Waals surface area contributed by atoms with Gasteiger partial charge in [-0.1, -0.05) is 6.92 Å². The van der Waals surface area contributed by atoms with Gasteiger partial charge in [-0.3, -0.25) is 0 Å². The first-order chi connectivity index (χ1) is 6.73. The van der Waals surface area contributed by atoms with Crippen molar-refractivity contribution >= 4 is 0 Å². The molecule has 0 aliphatic carbocycles. The first-order valence-electron chi connectivity index (χ1n) is 6.59. The summed E-state index contributed by atoms with van der Waals surface area (Å²) in [5.74, 6) is 0.976. The summed E-state index contributed by atoms with van der Waals surface area (Å²) in [7, 11) is 0. The van der Waals surface area contributed by atoms with E-state index in [9.17, 15) is 0 Å². The molecular weight excluding hydrogens is 170 g/mol. The van der Waals surface area contributed by atoms with Crippen LogP contribution in [-0.2, 0) is 0 Å². The van der Waals surface area contributed by atoms with Crippen molar-refractivity contribution in [1.29, 1.82) is 0 Å². The average Bonchev–Trinajstić information content (AvgIpc) is 2.39. The van der Waals surface area contributed by atoms with Crippen molar-refractivity contribution in [2.45, 2.75) is 58.4 Å². The maximum absolute atomic E-state index is 2.50. The third kappa shape index (κ3) is 1.98. The molecule has 1 heteroatoms. The van der Waals surface area contributed by atoms with Gasteiger partial charge in [-0.25, -0.2) is 0 Å². The summed E-state index contributed by atoms with van der Waals surface area (Å²) in [6.07, 6.45) is 8.89. The number of rotatable bonds is 0. The Morgan fingerprint density at radius 3 is 2.14 bits per heavy atom. The Morgan fingerprint density at radius 1 is 0.857 bits per heavy atom. The fraction of sp³-hybridized carbons (Fsp3) is 1.00. The molecule has 2 aliphatic heterocycles. The highest BCUT2D eigenvalue weighted by atomic mass is 15.4. The molecule has 0 amide bonds. The zero-order valence-electron chi connectivity index (χ0n) is 9.97. The minimum Gasteiger partial charge on any atom is -0.321 e. The largest absolute Gasteiger partial charge is 0.321 e. The van der Waals surface area contributed by atoms with Crippen LogP contribution in [0.2, 0.25) is 0 Å². The molecule has 0 aromatic rings. The Balaban J connectivity index is 2.08. The van der Waals surface area contributed by atoms with E-state index >= 15 is 0 Å². The molecule has 0 aromatic carbocycles. The Bertz CT molecular complexity index is 180. The second-order valence-corrected chi connectivity index (χ2v) is 5.79. The maximum Gasteiger partial charge on any atom is 0.0862 e. The van der Waals surface area contributed by atoms with E-state index in [1.54, 1.807) is 0 Å². The zero-order chi connectivity index (χ0) is 10.0. The van der Waals surface area contributed by atoms with Crippen molar-refractivity contribution in [1.82, 2.24) is 0 Å². The second-order valence-electron chi connectivity index (χ2n) is 5.79. The molecule has 0 saturated carbocycles. The number of nitrogens with zero attached hydrogens (tertiary/aromatic N) is 1. The zero-order valence-corrected chi connectivity index (χ0v) is 9.97. The number of piperidine rings is 1. The summed E-state index contributed by atoms with van der Waals surface area (Å²) in [5, 5.41) is 0. The third-order valence-electron chi connectivity index (χ3n) is 4.64. The second kappa shape index (κ2) is 4.22. The highest BCUT2D eigenvalue weighted by molar-refractivity contribution is 4.69. The number of quaternary nitrogens is 1. The van der Waals surface area contributed by atoms with E-state index in [1.165, 1.54) is 62.6 Å². The van der Waals surface area contributed by atoms with E-state index in [1.807, 2.05) is 0 Å². The van der Waals surface area contributed by atoms with Crippen molar-refractivity contribution in [2.24, 2.45) is 5.92 Å². The normalized spacial score (nSPS) is 38.1. The molecule has 2 rings (SSSR count). The van der Waals surface area contributed by atoms with Gasteiger partial charge >= 0.3 is 0 Å². The summed E-state index contributed by atoms with van der Waals surface area (Å²) in [6, 6.07) is 0.948. The summed E-state index contributed by atoms with van der Waals surface area (Å²) in [6.45, 7) is 9.38. The lowest BCUT2D eigenvalue weighted by Gasteiger charge is -2.48. The number of hydrogen-bond donors (Lipinski definition) is 0. The molecule has 2 fully saturated rings. The highest BCUT2D eigenvalue weighted by Crippen LogP contribution is 2.32. The molecule has 2 saturated heterocycles. The van der Waals surface area contributed by atoms with Gasteiger partial charge in [0.2, 0.25) is 0 Å². The first kappa shape index (κ1) is 10.5. The van der Waals surface area contributed by atoms with E-state index in [4.69, 9.17) is 0 Å². The first-order valence-corrected chi connectivity index (χ1v) is 6.59. The maximum atomic E-state index is 2.50. The monoisotopic (exact) mass is 196 g/mol. The quantitative estimate of drug-likeness (QED) is 0.522. The molecule has 1 nitrogen and oxygen atoms in total. The van der Waals surface area contributed by atoms with Crippen molar-refractivity contribution < 1.29 is 4.48 Å². The molecule has 2 aliphatic rings. The van der Waals surface area contributed by atoms with E-state index in [0.29, 0.717) is 0 Å². The van der Waals surface area contributed by atoms with Crippen LogP contribution in [0.4, 0.5) is 0 Å². The van der Waals surface area contributed by atoms with Crippen LogP contribution in [0.15, 0.2) is 0 Å². The van der Waals surface area contributed by atoms with Crippen LogP contribution in [0.5, 0.6) is 0 Å². The van der Waals surface area contributed by atoms with E-state index in [-0.39, 0.29) is 0 Å². The smallest absolute Gasteiger partial charge is 0.0862 e. The van der Waals surface area contributed by atoms with E-state index < -0.39 is 0 Å². The van der Waals surface area contributed by atoms with Crippen LogP contribution >= 0.6 is 0 Å². The highest BCUT2D eigenvalue weighted by Gasteiger charge is 2.38. The lowest BCUT2D eigenvalue weighted by atomic mass is 9.91. The minimum absolute atomic E-state index is 0.948. The summed E-state index contributed by atoms with van der Waals surface area (Å²) >= 11 is 0. The van der Waals surface area contributed by atoms with E-state index in [2.05, 4.69) is 13.8 Å². The molecule has 14 heavy (non-hydrogen) atoms. The lowest BCUT2D eigenvalue weighted by molar-refractivity contribution is -0.956. The molecule has 2 unspecified atom stereocenters. The molecule has 0 N–H and O–H groups in total. The number of hydrogen-bond acceptors (Lipinski definition) is 0. The van der Waals surface area contributed by atoms with Gasteiger partial charge < -0.3 is 4.48 Å². The molecule has 0 aromatic heterocycles. The molecule has 82 valence electrons. The van der Waals surface area contributed by atoms with Crippen LogP contribution in [0.3, 0.4) is 0 Å². The topological polar surface area (TPSA) is 0 Å². The average molecular weight is 196 g/mol. The third-order valence-corrected chi connectivity index (χ3v) is 4.64. The van der Waals surface area contributed by atoms with Crippen molar-refractivity contribution in [3.8, 4) is 0 Å². The van der Waals surface area contributed by atoms with Crippen LogP contribution < -0.4 is 0 Å². The molecular formula is C13H26N+. The Labute approximate surface area is 89.1 Å². The van der Waals surface area contributed by atoms with Crippen molar-refractivity contribution in [2.75, 3.05) is 19.6 Å². The van der Waals surface area contributed by atoms with Gasteiger partial charge in [0.1, 0.15) is 0 Å². The van der Waals surface area contributed by atoms with Crippen LogP contribution in [-0.4, -0.2) is 30.2 Å². The summed E-state index contributed by atoms with van der Waals surface area (Å²) < 4.78 is 1.47. The molecule has 2 heterocycles. The van der Waals surface area contributed by atoms with Crippen molar-refractivity contribution in [3.63, 3.8) is 0 Å². The Morgan fingerprint density at radius 2 is 1.50 bits per heavy atom. The predicted octanol–water partition coefficient (Wildman–Crippen LogP) is 3.20. The van der Waals surface area contributed by atoms with Gasteiger partial charge in [-0.05, 0) is 45.4 Å². The predicted molar refractivity (Wildman–Crippen MR) is 61.2 cm³/mol. The molecule has 1 spiro atoms. The van der Waals surface area contributed by atoms with Gasteiger partial charge in [0.15, 0.2) is 0 Å². The molecule has 0 bridgehead atoms. The van der Waals surface area contributed by atoms with Crippen LogP contribution in [0.25, 0.3) is 0 Å². The Kier molecular flexibility index (Phi) is 3.16. The Hall–Kier alpha value is -0.0400. The SMILES string of the molecule is CC1CCC(C)[N+]2(CCCCCC2)C1. The van der Waals surface area contributed by atoms with Gasteiger partial charge in [0.25, 0.3) is 0 Å². The summed E-state index contributed by atoms with van der Waals surface area (Å²) in [5.41, 5.74) is 0. The fourth-order valence-electron chi connectivity index (χ4n) is 3.63. The van der Waals surface area contributed by atoms with Gasteiger partial charge in [0.05, 0.1) is 25.7 Å². The standard InChI is InChI=1S/C13H26N/c1-12-7-8-13(2)14(11-12)9-5-3-4-6-10-14/h12-13H,3-11H2,1-2H3/q+1. The minimum atomic E-state index is 0.948. The lowest BCUT2D eigenvalue weighted by Crippen LogP contribution is -2.59.